The van der Waals surface area contributed by atoms with Crippen molar-refractivity contribution in [3.63, 3.8) is 0 Å². The lowest BCUT2D eigenvalue weighted by Crippen LogP contribution is -3.06. The third kappa shape index (κ3) is 5.72. The first kappa shape index (κ1) is 17.0. The van der Waals surface area contributed by atoms with E-state index in [0.717, 1.165) is 17.7 Å². The van der Waals surface area contributed by atoms with E-state index in [4.69, 9.17) is 0 Å². The molecular formula is C20H25N2O+. The van der Waals surface area contributed by atoms with Crippen molar-refractivity contribution < 1.29 is 9.69 Å². The summed E-state index contributed by atoms with van der Waals surface area (Å²) in [6.07, 6.45) is 3.46. The molecule has 0 aliphatic carbocycles. The molecule has 2 N–H and O–H groups in total. The number of likely N-dealkylation sites (N-methyl/N-ethyl adjacent to an activating group) is 1. The Morgan fingerprint density at radius 2 is 1.87 bits per heavy atom. The largest absolute Gasteiger partial charge is 0.340 e. The lowest BCUT2D eigenvalue weighted by atomic mass is 10.1. The zero-order valence-corrected chi connectivity index (χ0v) is 14.0. The third-order valence-corrected chi connectivity index (χ3v) is 3.60. The number of hydrogen-bond acceptors (Lipinski definition) is 1. The number of aryl methyl sites for hydroxylation is 1. The average molecular weight is 309 g/mol. The first-order valence-corrected chi connectivity index (χ1v) is 7.94. The van der Waals surface area contributed by atoms with Crippen molar-refractivity contribution in [1.82, 2.24) is 5.32 Å². The number of quaternary nitrogens is 1. The standard InChI is InChI=1S/C20H24N2O/c1-16-8-7-9-17(14-16)12-13-20(23)21-19(15-22(2)3)18-10-5-4-6-11-18/h4-14,19H,15H2,1-3H3,(H,21,23)/p+1/b13-12+/t19-/m1/s1. The Morgan fingerprint density at radius 3 is 2.52 bits per heavy atom. The molecule has 3 nitrogen and oxygen atoms in total. The normalized spacial score (nSPS) is 12.5. The SMILES string of the molecule is Cc1cccc(/C=C/C(=O)N[C@H](C[NH+](C)C)c2ccccc2)c1. The van der Waals surface area contributed by atoms with Crippen molar-refractivity contribution in [2.24, 2.45) is 0 Å². The summed E-state index contributed by atoms with van der Waals surface area (Å²) in [6, 6.07) is 18.2. The fraction of sp³-hybridized carbons (Fsp3) is 0.250. The van der Waals surface area contributed by atoms with E-state index in [0.29, 0.717) is 0 Å². The predicted octanol–water partition coefficient (Wildman–Crippen LogP) is 2.01. The molecule has 0 saturated heterocycles. The van der Waals surface area contributed by atoms with Crippen LogP contribution in [0.4, 0.5) is 0 Å². The molecule has 0 radical (unpaired) electrons. The van der Waals surface area contributed by atoms with Gasteiger partial charge in [0.1, 0.15) is 12.6 Å². The molecule has 0 aliphatic heterocycles. The second-order valence-corrected chi connectivity index (χ2v) is 6.13. The first-order chi connectivity index (χ1) is 11.0. The summed E-state index contributed by atoms with van der Waals surface area (Å²) < 4.78 is 0. The molecule has 0 bridgehead atoms. The highest BCUT2D eigenvalue weighted by Gasteiger charge is 2.16. The maximum atomic E-state index is 12.3. The van der Waals surface area contributed by atoms with E-state index in [1.54, 1.807) is 6.08 Å². The predicted molar refractivity (Wildman–Crippen MR) is 95.2 cm³/mol. The molecule has 3 heteroatoms. The van der Waals surface area contributed by atoms with Crippen LogP contribution in [0.25, 0.3) is 6.08 Å². The molecule has 0 spiro atoms. The highest BCUT2D eigenvalue weighted by atomic mass is 16.1. The summed E-state index contributed by atoms with van der Waals surface area (Å²) in [7, 11) is 4.18. The van der Waals surface area contributed by atoms with Crippen LogP contribution in [0.2, 0.25) is 0 Å². The number of rotatable bonds is 6. The number of benzene rings is 2. The molecule has 0 heterocycles. The van der Waals surface area contributed by atoms with Gasteiger partial charge in [0.2, 0.25) is 5.91 Å². The van der Waals surface area contributed by atoms with E-state index in [-0.39, 0.29) is 11.9 Å². The molecule has 2 aromatic carbocycles. The monoisotopic (exact) mass is 309 g/mol. The summed E-state index contributed by atoms with van der Waals surface area (Å²) in [4.78, 5) is 13.6. The van der Waals surface area contributed by atoms with Crippen LogP contribution in [-0.4, -0.2) is 26.5 Å². The van der Waals surface area contributed by atoms with Gasteiger partial charge in [-0.2, -0.15) is 0 Å². The third-order valence-electron chi connectivity index (χ3n) is 3.60. The van der Waals surface area contributed by atoms with Gasteiger partial charge in [0.15, 0.2) is 0 Å². The van der Waals surface area contributed by atoms with Gasteiger partial charge in [-0.15, -0.1) is 0 Å². The van der Waals surface area contributed by atoms with Crippen LogP contribution in [-0.2, 0) is 4.79 Å². The second kappa shape index (κ2) is 8.30. The van der Waals surface area contributed by atoms with Gasteiger partial charge in [0.05, 0.1) is 14.1 Å². The highest BCUT2D eigenvalue weighted by Crippen LogP contribution is 2.11. The van der Waals surface area contributed by atoms with E-state index < -0.39 is 0 Å². The highest BCUT2D eigenvalue weighted by molar-refractivity contribution is 5.92. The minimum Gasteiger partial charge on any atom is -0.340 e. The van der Waals surface area contributed by atoms with Gasteiger partial charge in [-0.1, -0.05) is 60.2 Å². The maximum Gasteiger partial charge on any atom is 0.244 e. The fourth-order valence-electron chi connectivity index (χ4n) is 2.51. The van der Waals surface area contributed by atoms with E-state index in [9.17, 15) is 4.79 Å². The van der Waals surface area contributed by atoms with Crippen LogP contribution in [0.5, 0.6) is 0 Å². The van der Waals surface area contributed by atoms with Gasteiger partial charge < -0.3 is 10.2 Å². The summed E-state index contributed by atoms with van der Waals surface area (Å²) in [5.41, 5.74) is 3.35. The van der Waals surface area contributed by atoms with Crippen molar-refractivity contribution in [2.45, 2.75) is 13.0 Å². The molecule has 1 amide bonds. The Kier molecular flexibility index (Phi) is 6.12. The van der Waals surface area contributed by atoms with E-state index in [1.807, 2.05) is 49.4 Å². The topological polar surface area (TPSA) is 33.5 Å². The van der Waals surface area contributed by atoms with Crippen LogP contribution in [0.3, 0.4) is 0 Å². The van der Waals surface area contributed by atoms with Crippen molar-refractivity contribution in [3.8, 4) is 0 Å². The summed E-state index contributed by atoms with van der Waals surface area (Å²) in [5.74, 6) is -0.0680. The minimum absolute atomic E-state index is 0.0101. The first-order valence-electron chi connectivity index (χ1n) is 7.94. The zero-order chi connectivity index (χ0) is 16.7. The van der Waals surface area contributed by atoms with Crippen LogP contribution in [0, 0.1) is 6.92 Å². The molecule has 2 aromatic rings. The second-order valence-electron chi connectivity index (χ2n) is 6.13. The molecule has 0 aliphatic rings. The number of hydrogen-bond donors (Lipinski definition) is 2. The lowest BCUT2D eigenvalue weighted by Gasteiger charge is -2.20. The van der Waals surface area contributed by atoms with E-state index >= 15 is 0 Å². The van der Waals surface area contributed by atoms with Gasteiger partial charge >= 0.3 is 0 Å². The van der Waals surface area contributed by atoms with Crippen LogP contribution in [0.1, 0.15) is 22.7 Å². The van der Waals surface area contributed by atoms with Gasteiger partial charge in [-0.25, -0.2) is 0 Å². The Labute approximate surface area is 138 Å². The average Bonchev–Trinajstić information content (AvgIpc) is 2.53. The maximum absolute atomic E-state index is 12.3. The Morgan fingerprint density at radius 1 is 1.13 bits per heavy atom. The molecular weight excluding hydrogens is 284 g/mol. The molecule has 0 fully saturated rings. The summed E-state index contributed by atoms with van der Waals surface area (Å²) in [6.45, 7) is 2.89. The quantitative estimate of drug-likeness (QED) is 0.786. The van der Waals surface area contributed by atoms with E-state index in [2.05, 4.69) is 37.6 Å². The number of nitrogens with one attached hydrogen (secondary N) is 2. The van der Waals surface area contributed by atoms with Crippen LogP contribution in [0.15, 0.2) is 60.7 Å². The van der Waals surface area contributed by atoms with Gasteiger partial charge in [0, 0.05) is 6.08 Å². The lowest BCUT2D eigenvalue weighted by molar-refractivity contribution is -0.860. The summed E-state index contributed by atoms with van der Waals surface area (Å²) in [5, 5.41) is 3.10. The zero-order valence-electron chi connectivity index (χ0n) is 14.0. The van der Waals surface area contributed by atoms with Crippen molar-refractivity contribution in [1.29, 1.82) is 0 Å². The molecule has 0 aromatic heterocycles. The van der Waals surface area contributed by atoms with Crippen molar-refractivity contribution in [2.75, 3.05) is 20.6 Å². The Bertz CT molecular complexity index is 662. The fourth-order valence-corrected chi connectivity index (χ4v) is 2.51. The van der Waals surface area contributed by atoms with Crippen molar-refractivity contribution >= 4 is 12.0 Å². The molecule has 0 unspecified atom stereocenters. The van der Waals surface area contributed by atoms with Gasteiger partial charge in [0.25, 0.3) is 0 Å². The van der Waals surface area contributed by atoms with Crippen LogP contribution < -0.4 is 10.2 Å². The van der Waals surface area contributed by atoms with Crippen molar-refractivity contribution in [3.05, 3.63) is 77.4 Å². The summed E-state index contributed by atoms with van der Waals surface area (Å²) >= 11 is 0. The number of amides is 1. The van der Waals surface area contributed by atoms with Crippen LogP contribution >= 0.6 is 0 Å². The molecule has 120 valence electrons. The Hall–Kier alpha value is -2.39. The van der Waals surface area contributed by atoms with Gasteiger partial charge in [-0.05, 0) is 24.1 Å². The molecule has 2 rings (SSSR count). The molecule has 0 saturated carbocycles. The smallest absolute Gasteiger partial charge is 0.244 e. The number of carbonyl (C=O) groups excluding carboxylic acids is 1. The van der Waals surface area contributed by atoms with E-state index in [1.165, 1.54) is 10.5 Å². The molecule has 23 heavy (non-hydrogen) atoms. The minimum atomic E-state index is -0.0680. The Balaban J connectivity index is 2.05. The van der Waals surface area contributed by atoms with Gasteiger partial charge in [-0.3, -0.25) is 4.79 Å². The molecule has 1 atom stereocenters. The number of carbonyl (C=O) groups is 1.